The normalized spacial score (nSPS) is 19.1. The van der Waals surface area contributed by atoms with Crippen LogP contribution < -0.4 is 10.5 Å². The molecule has 10 nitrogen and oxygen atoms in total. The van der Waals surface area contributed by atoms with Crippen molar-refractivity contribution in [2.75, 3.05) is 44.3 Å². The summed E-state index contributed by atoms with van der Waals surface area (Å²) in [5.41, 5.74) is -0.324. The van der Waals surface area contributed by atoms with Gasteiger partial charge in [0.15, 0.2) is 5.82 Å². The van der Waals surface area contributed by atoms with Crippen LogP contribution in [0.1, 0.15) is 25.1 Å². The van der Waals surface area contributed by atoms with E-state index in [2.05, 4.69) is 10.1 Å². The van der Waals surface area contributed by atoms with Gasteiger partial charge in [-0.15, -0.1) is 0 Å². The molecule has 0 N–H and O–H groups in total. The number of ether oxygens (including phenoxy) is 1. The van der Waals surface area contributed by atoms with Gasteiger partial charge in [0.25, 0.3) is 5.56 Å². The molecule has 11 heteroatoms. The molecule has 2 saturated heterocycles. The first-order valence-electron chi connectivity index (χ1n) is 9.40. The van der Waals surface area contributed by atoms with Gasteiger partial charge in [-0.2, -0.15) is 9.29 Å². The van der Waals surface area contributed by atoms with Gasteiger partial charge in [0, 0.05) is 38.4 Å². The lowest BCUT2D eigenvalue weighted by molar-refractivity contribution is 0.119. The summed E-state index contributed by atoms with van der Waals surface area (Å²) < 4.78 is 39.1. The van der Waals surface area contributed by atoms with E-state index in [0.717, 1.165) is 19.3 Å². The van der Waals surface area contributed by atoms with Gasteiger partial charge < -0.3 is 18.7 Å². The highest BCUT2D eigenvalue weighted by atomic mass is 32.2. The zero-order valence-electron chi connectivity index (χ0n) is 15.5. The first-order chi connectivity index (χ1) is 13.5. The molecule has 2 aromatic rings. The number of nitrogens with zero attached hydrogens (tertiary/aromatic N) is 5. The number of rotatable bonds is 5. The third kappa shape index (κ3) is 3.96. The monoisotopic (exact) mass is 409 g/mol. The van der Waals surface area contributed by atoms with Crippen LogP contribution in [0.3, 0.4) is 0 Å². The molecule has 2 aliphatic rings. The van der Waals surface area contributed by atoms with Crippen molar-refractivity contribution in [3.05, 3.63) is 34.5 Å². The summed E-state index contributed by atoms with van der Waals surface area (Å²) in [6, 6.07) is 3.00. The highest BCUT2D eigenvalue weighted by Crippen LogP contribution is 2.20. The number of hydrogen-bond donors (Lipinski definition) is 0. The molecule has 4 heterocycles. The van der Waals surface area contributed by atoms with Gasteiger partial charge in [0.1, 0.15) is 0 Å². The van der Waals surface area contributed by atoms with Gasteiger partial charge in [-0.1, -0.05) is 11.6 Å². The van der Waals surface area contributed by atoms with E-state index < -0.39 is 10.0 Å². The lowest BCUT2D eigenvalue weighted by Crippen LogP contribution is -2.36. The number of aromatic nitrogens is 3. The zero-order valence-corrected chi connectivity index (χ0v) is 16.3. The Balaban J connectivity index is 1.54. The summed E-state index contributed by atoms with van der Waals surface area (Å²) in [6.07, 6.45) is 4.10. The zero-order chi connectivity index (χ0) is 19.6. The van der Waals surface area contributed by atoms with Crippen molar-refractivity contribution >= 4 is 16.0 Å². The minimum absolute atomic E-state index is 0.0377. The SMILES string of the molecule is O=c1ccc(S(=O)(=O)N2CCCCC2)cn1Cc1noc(N2CCOCC2)n1. The Morgan fingerprint density at radius 2 is 1.79 bits per heavy atom. The predicted octanol–water partition coefficient (Wildman–Crippen LogP) is 0.291. The van der Waals surface area contributed by atoms with E-state index in [9.17, 15) is 13.2 Å². The third-order valence-corrected chi connectivity index (χ3v) is 6.84. The van der Waals surface area contributed by atoms with Crippen molar-refractivity contribution < 1.29 is 17.7 Å². The van der Waals surface area contributed by atoms with Crippen molar-refractivity contribution in [3.63, 3.8) is 0 Å². The second-order valence-electron chi connectivity index (χ2n) is 6.89. The first-order valence-corrected chi connectivity index (χ1v) is 10.8. The molecule has 0 atom stereocenters. The molecule has 2 aliphatic heterocycles. The molecule has 152 valence electrons. The molecule has 4 rings (SSSR count). The highest BCUT2D eigenvalue weighted by molar-refractivity contribution is 7.89. The van der Waals surface area contributed by atoms with Crippen LogP contribution in [0, 0.1) is 0 Å². The molecule has 0 radical (unpaired) electrons. The van der Waals surface area contributed by atoms with Crippen LogP contribution in [0.2, 0.25) is 0 Å². The number of piperidine rings is 1. The molecule has 0 spiro atoms. The standard InChI is InChI=1S/C17H23N5O5S/c23-16-5-4-14(28(24,25)22-6-2-1-3-7-22)12-21(16)13-15-18-17(27-19-15)20-8-10-26-11-9-20/h4-5,12H,1-3,6-11,13H2. The fraction of sp³-hybridized carbons (Fsp3) is 0.588. The summed E-state index contributed by atoms with van der Waals surface area (Å²) in [5.74, 6) is 0.316. The maximum absolute atomic E-state index is 12.9. The van der Waals surface area contributed by atoms with Crippen molar-refractivity contribution in [3.8, 4) is 0 Å². The van der Waals surface area contributed by atoms with E-state index in [0.29, 0.717) is 51.2 Å². The van der Waals surface area contributed by atoms with Gasteiger partial charge >= 0.3 is 6.01 Å². The van der Waals surface area contributed by atoms with Gasteiger partial charge in [-0.3, -0.25) is 4.79 Å². The van der Waals surface area contributed by atoms with Gasteiger partial charge in [0.05, 0.1) is 24.7 Å². The molecule has 2 aromatic heterocycles. The van der Waals surface area contributed by atoms with E-state index in [1.165, 1.54) is 27.2 Å². The van der Waals surface area contributed by atoms with Crippen molar-refractivity contribution in [2.45, 2.75) is 30.7 Å². The van der Waals surface area contributed by atoms with E-state index >= 15 is 0 Å². The minimum atomic E-state index is -3.62. The Morgan fingerprint density at radius 1 is 1.04 bits per heavy atom. The maximum Gasteiger partial charge on any atom is 0.324 e. The molecule has 28 heavy (non-hydrogen) atoms. The number of morpholine rings is 1. The van der Waals surface area contributed by atoms with Crippen LogP contribution in [0.4, 0.5) is 6.01 Å². The fourth-order valence-electron chi connectivity index (χ4n) is 3.38. The Morgan fingerprint density at radius 3 is 2.54 bits per heavy atom. The summed E-state index contributed by atoms with van der Waals surface area (Å²) in [7, 11) is -3.62. The Hall–Kier alpha value is -2.24. The number of sulfonamides is 1. The second kappa shape index (κ2) is 8.02. The van der Waals surface area contributed by atoms with E-state index in [1.807, 2.05) is 4.90 Å². The summed E-state index contributed by atoms with van der Waals surface area (Å²) in [4.78, 5) is 18.6. The molecular weight excluding hydrogens is 386 g/mol. The van der Waals surface area contributed by atoms with Crippen molar-refractivity contribution in [1.29, 1.82) is 0 Å². The molecule has 0 aromatic carbocycles. The van der Waals surface area contributed by atoms with Crippen LogP contribution in [0.25, 0.3) is 0 Å². The Kier molecular flexibility index (Phi) is 5.47. The molecule has 0 saturated carbocycles. The number of anilines is 1. The quantitative estimate of drug-likeness (QED) is 0.693. The second-order valence-corrected chi connectivity index (χ2v) is 8.83. The van der Waals surface area contributed by atoms with Gasteiger partial charge in [0.2, 0.25) is 10.0 Å². The molecule has 0 bridgehead atoms. The topological polar surface area (TPSA) is 111 Å². The Bertz CT molecular complexity index is 974. The Labute approximate surface area is 162 Å². The van der Waals surface area contributed by atoms with Crippen LogP contribution in [0.15, 0.2) is 32.5 Å². The average molecular weight is 409 g/mol. The van der Waals surface area contributed by atoms with E-state index in [4.69, 9.17) is 9.26 Å². The van der Waals surface area contributed by atoms with E-state index in [-0.39, 0.29) is 17.0 Å². The van der Waals surface area contributed by atoms with Gasteiger partial charge in [-0.25, -0.2) is 8.42 Å². The number of pyridine rings is 1. The van der Waals surface area contributed by atoms with Crippen molar-refractivity contribution in [2.24, 2.45) is 0 Å². The first kappa shape index (κ1) is 19.1. The van der Waals surface area contributed by atoms with Crippen LogP contribution >= 0.6 is 0 Å². The molecule has 0 amide bonds. The van der Waals surface area contributed by atoms with Crippen LogP contribution in [0.5, 0.6) is 0 Å². The smallest absolute Gasteiger partial charge is 0.324 e. The maximum atomic E-state index is 12.9. The lowest BCUT2D eigenvalue weighted by Gasteiger charge is -2.26. The molecule has 0 unspecified atom stereocenters. The van der Waals surface area contributed by atoms with E-state index in [1.54, 1.807) is 0 Å². The lowest BCUT2D eigenvalue weighted by atomic mass is 10.2. The summed E-state index contributed by atoms with van der Waals surface area (Å²) in [5, 5.41) is 3.92. The van der Waals surface area contributed by atoms with Gasteiger partial charge in [-0.05, 0) is 18.9 Å². The highest BCUT2D eigenvalue weighted by Gasteiger charge is 2.26. The molecular formula is C17H23N5O5S. The van der Waals surface area contributed by atoms with Crippen molar-refractivity contribution in [1.82, 2.24) is 19.0 Å². The molecule has 0 aliphatic carbocycles. The summed E-state index contributed by atoms with van der Waals surface area (Å²) >= 11 is 0. The number of hydrogen-bond acceptors (Lipinski definition) is 8. The van der Waals surface area contributed by atoms with Crippen LogP contribution in [-0.4, -0.2) is 66.8 Å². The average Bonchev–Trinajstić information content (AvgIpc) is 3.19. The third-order valence-electron chi connectivity index (χ3n) is 4.96. The fourth-order valence-corrected chi connectivity index (χ4v) is 4.92. The minimum Gasteiger partial charge on any atom is -0.378 e. The predicted molar refractivity (Wildman–Crippen MR) is 99.7 cm³/mol. The summed E-state index contributed by atoms with van der Waals surface area (Å²) in [6.45, 7) is 3.55. The van der Waals surface area contributed by atoms with Crippen LogP contribution in [-0.2, 0) is 21.3 Å². The largest absolute Gasteiger partial charge is 0.378 e. The molecule has 2 fully saturated rings.